The van der Waals surface area contributed by atoms with Gasteiger partial charge in [-0.2, -0.15) is 0 Å². The lowest BCUT2D eigenvalue weighted by Gasteiger charge is -2.43. The van der Waals surface area contributed by atoms with Gasteiger partial charge in [-0.3, -0.25) is 10.6 Å². The molecule has 0 aromatic heterocycles. The minimum Gasteiger partial charge on any atom is -0.372 e. The van der Waals surface area contributed by atoms with Gasteiger partial charge in [-0.25, -0.2) is 0 Å². The summed E-state index contributed by atoms with van der Waals surface area (Å²) in [5.41, 5.74) is 7.44. The van der Waals surface area contributed by atoms with E-state index in [0.717, 1.165) is 36.3 Å². The predicted octanol–water partition coefficient (Wildman–Crippen LogP) is 4.92. The smallest absolute Gasteiger partial charge is 0.253 e. The fraction of sp³-hybridized carbons (Fsp3) is 0.400. The first-order valence-corrected chi connectivity index (χ1v) is 10.5. The predicted molar refractivity (Wildman–Crippen MR) is 125 cm³/mol. The average Bonchev–Trinajstić information content (AvgIpc) is 2.68. The number of hydrazine groups is 1. The molecule has 1 amide bonds. The summed E-state index contributed by atoms with van der Waals surface area (Å²) in [6, 6.07) is 16.1. The van der Waals surface area contributed by atoms with Crippen LogP contribution in [0.5, 0.6) is 0 Å². The summed E-state index contributed by atoms with van der Waals surface area (Å²) in [4.78, 5) is 15.3. The summed E-state index contributed by atoms with van der Waals surface area (Å²) in [5.74, 6) is 5.40. The highest BCUT2D eigenvalue weighted by atomic mass is 16.1. The number of nitrogens with zero attached hydrogens (tertiary/aromatic N) is 1. The van der Waals surface area contributed by atoms with E-state index in [9.17, 15) is 4.79 Å². The molecule has 2 aromatic rings. The normalized spacial score (nSPS) is 16.1. The number of benzene rings is 2. The van der Waals surface area contributed by atoms with Gasteiger partial charge in [-0.1, -0.05) is 38.1 Å². The van der Waals surface area contributed by atoms with E-state index in [0.29, 0.717) is 0 Å². The van der Waals surface area contributed by atoms with Crippen molar-refractivity contribution in [1.82, 2.24) is 4.90 Å². The van der Waals surface area contributed by atoms with E-state index >= 15 is 0 Å². The maximum atomic E-state index is 13.1. The van der Waals surface area contributed by atoms with Crippen LogP contribution in [-0.4, -0.2) is 22.9 Å². The summed E-state index contributed by atoms with van der Waals surface area (Å²) < 4.78 is 0. The Morgan fingerprint density at radius 1 is 1.00 bits per heavy atom. The Hall–Kier alpha value is -2.79. The van der Waals surface area contributed by atoms with Crippen molar-refractivity contribution in [3.05, 3.63) is 71.4 Å². The molecule has 0 bridgehead atoms. The zero-order valence-corrected chi connectivity index (χ0v) is 18.8. The summed E-state index contributed by atoms with van der Waals surface area (Å²) in [6.07, 6.45) is 3.84. The molecule has 0 aliphatic carbocycles. The van der Waals surface area contributed by atoms with Crippen LogP contribution < -0.4 is 16.6 Å². The molecule has 5 nitrogen and oxygen atoms in total. The van der Waals surface area contributed by atoms with Crippen LogP contribution in [0.3, 0.4) is 0 Å². The molecular weight excluding hydrogens is 372 g/mol. The standard InChI is InChI=1S/C25H34N4O/c1-24(2,3)29-15-14-25(4,5)22(17-29)23(30)27-20-10-6-18(7-11-20)16-19-8-12-21(28-26)13-9-19/h6-13,17,28H,14-16,26H2,1-5H3,(H,27,30). The van der Waals surface area contributed by atoms with Crippen molar-refractivity contribution in [2.75, 3.05) is 17.3 Å². The lowest BCUT2D eigenvalue weighted by molar-refractivity contribution is -0.114. The lowest BCUT2D eigenvalue weighted by Crippen LogP contribution is -2.44. The molecule has 0 radical (unpaired) electrons. The minimum atomic E-state index is -0.143. The Labute approximate surface area is 180 Å². The second-order valence-corrected chi connectivity index (χ2v) is 9.71. The van der Waals surface area contributed by atoms with E-state index < -0.39 is 0 Å². The van der Waals surface area contributed by atoms with Gasteiger partial charge in [0.2, 0.25) is 0 Å². The van der Waals surface area contributed by atoms with Crippen molar-refractivity contribution in [2.45, 2.75) is 53.0 Å². The molecule has 1 aliphatic heterocycles. The number of anilines is 2. The summed E-state index contributed by atoms with van der Waals surface area (Å²) in [5, 5.41) is 3.09. The molecule has 160 valence electrons. The van der Waals surface area contributed by atoms with Crippen molar-refractivity contribution in [3.8, 4) is 0 Å². The van der Waals surface area contributed by atoms with Gasteiger partial charge in [0.15, 0.2) is 0 Å². The van der Waals surface area contributed by atoms with Gasteiger partial charge < -0.3 is 15.6 Å². The van der Waals surface area contributed by atoms with Crippen molar-refractivity contribution in [1.29, 1.82) is 0 Å². The number of hydrogen-bond donors (Lipinski definition) is 3. The van der Waals surface area contributed by atoms with Crippen LogP contribution in [0.2, 0.25) is 0 Å². The summed E-state index contributed by atoms with van der Waals surface area (Å²) >= 11 is 0. The monoisotopic (exact) mass is 406 g/mol. The van der Waals surface area contributed by atoms with Gasteiger partial charge >= 0.3 is 0 Å². The number of nitrogens with two attached hydrogens (primary N) is 1. The number of carbonyl (C=O) groups excluding carboxylic acids is 1. The minimum absolute atomic E-state index is 0.00208. The van der Waals surface area contributed by atoms with Crippen LogP contribution in [0.1, 0.15) is 52.2 Å². The van der Waals surface area contributed by atoms with Crippen molar-refractivity contribution in [2.24, 2.45) is 11.3 Å². The van der Waals surface area contributed by atoms with Crippen LogP contribution in [-0.2, 0) is 11.2 Å². The molecule has 0 saturated heterocycles. The third-order valence-corrected chi connectivity index (χ3v) is 5.84. The molecule has 1 heterocycles. The SMILES string of the molecule is CC1(C)CCN(C(C)(C)C)C=C1C(=O)Nc1ccc(Cc2ccc(NN)cc2)cc1. The quantitative estimate of drug-likeness (QED) is 0.487. The lowest BCUT2D eigenvalue weighted by atomic mass is 9.78. The van der Waals surface area contributed by atoms with Crippen LogP contribution in [0.25, 0.3) is 0 Å². The Morgan fingerprint density at radius 3 is 2.03 bits per heavy atom. The Balaban J connectivity index is 1.69. The fourth-order valence-corrected chi connectivity index (χ4v) is 3.68. The van der Waals surface area contributed by atoms with Gasteiger partial charge in [0.25, 0.3) is 5.91 Å². The van der Waals surface area contributed by atoms with E-state index in [1.165, 1.54) is 11.1 Å². The van der Waals surface area contributed by atoms with Crippen LogP contribution >= 0.6 is 0 Å². The Morgan fingerprint density at radius 2 is 1.53 bits per heavy atom. The molecule has 1 aliphatic rings. The number of hydrogen-bond acceptors (Lipinski definition) is 4. The second-order valence-electron chi connectivity index (χ2n) is 9.71. The van der Waals surface area contributed by atoms with E-state index in [4.69, 9.17) is 5.84 Å². The highest BCUT2D eigenvalue weighted by molar-refractivity contribution is 6.04. The van der Waals surface area contributed by atoms with Crippen molar-refractivity contribution in [3.63, 3.8) is 0 Å². The maximum Gasteiger partial charge on any atom is 0.253 e. The molecular formula is C25H34N4O. The first-order chi connectivity index (χ1) is 14.1. The number of rotatable bonds is 5. The van der Waals surface area contributed by atoms with E-state index in [1.54, 1.807) is 0 Å². The van der Waals surface area contributed by atoms with Crippen molar-refractivity contribution < 1.29 is 4.79 Å². The molecule has 0 unspecified atom stereocenters. The van der Waals surface area contributed by atoms with Gasteiger partial charge in [0.1, 0.15) is 0 Å². The topological polar surface area (TPSA) is 70.4 Å². The first-order valence-electron chi connectivity index (χ1n) is 10.5. The summed E-state index contributed by atoms with van der Waals surface area (Å²) in [7, 11) is 0. The maximum absolute atomic E-state index is 13.1. The van der Waals surface area contributed by atoms with Crippen molar-refractivity contribution >= 4 is 17.3 Å². The average molecular weight is 407 g/mol. The Bertz CT molecular complexity index is 906. The van der Waals surface area contributed by atoms with Gasteiger partial charge in [0.05, 0.1) is 0 Å². The molecule has 0 spiro atoms. The van der Waals surface area contributed by atoms with Gasteiger partial charge in [-0.15, -0.1) is 0 Å². The van der Waals surface area contributed by atoms with Gasteiger partial charge in [-0.05, 0) is 74.4 Å². The molecule has 2 aromatic carbocycles. The summed E-state index contributed by atoms with van der Waals surface area (Å²) in [6.45, 7) is 11.8. The van der Waals surface area contributed by atoms with Crippen LogP contribution in [0, 0.1) is 5.41 Å². The molecule has 3 rings (SSSR count). The molecule has 0 fully saturated rings. The fourth-order valence-electron chi connectivity index (χ4n) is 3.68. The Kier molecular flexibility index (Phi) is 6.22. The molecule has 0 saturated carbocycles. The highest BCUT2D eigenvalue weighted by Crippen LogP contribution is 2.37. The molecule has 0 atom stereocenters. The number of nitrogens with one attached hydrogen (secondary N) is 2. The molecule has 4 N–H and O–H groups in total. The molecule has 5 heteroatoms. The molecule has 30 heavy (non-hydrogen) atoms. The van der Waals surface area contributed by atoms with Gasteiger partial charge in [0, 0.05) is 35.2 Å². The number of nitrogen functional groups attached to an aromatic ring is 1. The second kappa shape index (κ2) is 8.52. The van der Waals surface area contributed by atoms with E-state index in [1.807, 2.05) is 30.5 Å². The van der Waals surface area contributed by atoms with Crippen LogP contribution in [0.15, 0.2) is 60.3 Å². The number of carbonyl (C=O) groups is 1. The zero-order valence-electron chi connectivity index (χ0n) is 18.8. The third-order valence-electron chi connectivity index (χ3n) is 5.84. The zero-order chi connectivity index (χ0) is 21.9. The number of amides is 1. The first kappa shape index (κ1) is 21.9. The van der Waals surface area contributed by atoms with E-state index in [2.05, 4.69) is 74.5 Å². The van der Waals surface area contributed by atoms with E-state index in [-0.39, 0.29) is 16.9 Å². The highest BCUT2D eigenvalue weighted by Gasteiger charge is 2.35. The largest absolute Gasteiger partial charge is 0.372 e. The van der Waals surface area contributed by atoms with Crippen LogP contribution in [0.4, 0.5) is 11.4 Å². The third kappa shape index (κ3) is 5.22.